The molecule has 0 saturated heterocycles. The Morgan fingerprint density at radius 3 is 2.45 bits per heavy atom. The fourth-order valence-corrected chi connectivity index (χ4v) is 4.81. The molecule has 0 amide bonds. The molecule has 9 nitrogen and oxygen atoms in total. The van der Waals surface area contributed by atoms with Crippen molar-refractivity contribution in [3.63, 3.8) is 0 Å². The number of hydrogen-bond acceptors (Lipinski definition) is 9. The third kappa shape index (κ3) is 8.82. The van der Waals surface area contributed by atoms with Gasteiger partial charge in [-0.05, 0) is 62.3 Å². The molecule has 212 valence electrons. The van der Waals surface area contributed by atoms with Crippen LogP contribution in [0.25, 0.3) is 10.9 Å². The lowest BCUT2D eigenvalue weighted by Gasteiger charge is -2.17. The number of fused-ring (bicyclic) bond motifs is 1. The molecule has 1 aromatic heterocycles. The quantitative estimate of drug-likeness (QED) is 0.190. The molecule has 10 heteroatoms. The molecule has 0 fully saturated rings. The predicted molar refractivity (Wildman–Crippen MR) is 162 cm³/mol. The highest BCUT2D eigenvalue weighted by Crippen LogP contribution is 2.33. The second-order valence-corrected chi connectivity index (χ2v) is 12.0. The lowest BCUT2D eigenvalue weighted by Crippen LogP contribution is -2.26. The maximum atomic E-state index is 11.4. The van der Waals surface area contributed by atoms with E-state index in [0.717, 1.165) is 59.5 Å². The number of rotatable bonds is 15. The van der Waals surface area contributed by atoms with E-state index >= 15 is 0 Å². The van der Waals surface area contributed by atoms with Gasteiger partial charge in [-0.3, -0.25) is 0 Å². The summed E-state index contributed by atoms with van der Waals surface area (Å²) >= 11 is 0. The van der Waals surface area contributed by atoms with Gasteiger partial charge in [0, 0.05) is 36.5 Å². The number of unbranched alkanes of at least 4 members (excludes halogenated alkanes) is 1. The average molecular weight is 564 g/mol. The van der Waals surface area contributed by atoms with Crippen molar-refractivity contribution < 1.29 is 17.9 Å². The van der Waals surface area contributed by atoms with Crippen molar-refractivity contribution >= 4 is 37.9 Å². The number of benzene rings is 3. The van der Waals surface area contributed by atoms with Crippen molar-refractivity contribution in [2.24, 2.45) is 0 Å². The van der Waals surface area contributed by atoms with Crippen LogP contribution in [-0.2, 0) is 16.4 Å². The van der Waals surface area contributed by atoms with Gasteiger partial charge in [0.2, 0.25) is 0 Å². The summed E-state index contributed by atoms with van der Waals surface area (Å²) in [4.78, 5) is 11.0. The molecule has 4 rings (SSSR count). The van der Waals surface area contributed by atoms with Crippen LogP contribution in [0, 0.1) is 0 Å². The Bertz CT molecular complexity index is 1480. The fraction of sp³-hybridized carbons (Fsp3) is 0.333. The lowest BCUT2D eigenvalue weighted by molar-refractivity contribution is 0.306. The van der Waals surface area contributed by atoms with Crippen LogP contribution >= 0.6 is 0 Å². The molecule has 0 aliphatic rings. The standard InChI is InChI=1S/C30H37N5O4S/c1-35(17-18-40(3,36)37)16-8-7-15-31-28-19-26-27(20-29(28)38-2)32-22-33-30(26)34-24-11-13-25(14-12-24)39-21-23-9-5-4-6-10-23/h4-6,9-14,19-20,22,31H,7-8,15-18,21H2,1-3H3,(H,32,33,34). The van der Waals surface area contributed by atoms with Gasteiger partial charge in [0.15, 0.2) is 0 Å². The van der Waals surface area contributed by atoms with Crippen LogP contribution < -0.4 is 20.1 Å². The van der Waals surface area contributed by atoms with E-state index in [1.807, 2.05) is 73.8 Å². The fourth-order valence-electron chi connectivity index (χ4n) is 4.17. The Kier molecular flexibility index (Phi) is 10.2. The first-order chi connectivity index (χ1) is 19.3. The molecule has 0 aliphatic heterocycles. The minimum Gasteiger partial charge on any atom is -0.495 e. The van der Waals surface area contributed by atoms with E-state index in [1.54, 1.807) is 7.11 Å². The second-order valence-electron chi connectivity index (χ2n) is 9.78. The van der Waals surface area contributed by atoms with E-state index in [9.17, 15) is 8.42 Å². The Morgan fingerprint density at radius 1 is 0.950 bits per heavy atom. The molecule has 0 aliphatic carbocycles. The third-order valence-corrected chi connectivity index (χ3v) is 7.37. The maximum absolute atomic E-state index is 11.4. The molecule has 0 unspecified atom stereocenters. The van der Waals surface area contributed by atoms with Crippen LogP contribution in [0.5, 0.6) is 11.5 Å². The molecule has 0 radical (unpaired) electrons. The van der Waals surface area contributed by atoms with Gasteiger partial charge in [-0.2, -0.15) is 0 Å². The van der Waals surface area contributed by atoms with Crippen LogP contribution in [0.4, 0.5) is 17.2 Å². The molecule has 3 aromatic carbocycles. The summed E-state index contributed by atoms with van der Waals surface area (Å²) in [7, 11) is 0.650. The minimum atomic E-state index is -2.94. The van der Waals surface area contributed by atoms with Crippen LogP contribution in [0.15, 0.2) is 73.1 Å². The zero-order valence-corrected chi connectivity index (χ0v) is 24.1. The van der Waals surface area contributed by atoms with Gasteiger partial charge < -0.3 is 25.0 Å². The van der Waals surface area contributed by atoms with Gasteiger partial charge >= 0.3 is 0 Å². The average Bonchev–Trinajstić information content (AvgIpc) is 2.95. The summed E-state index contributed by atoms with van der Waals surface area (Å²) in [5.74, 6) is 2.38. The second kappa shape index (κ2) is 14.0. The summed E-state index contributed by atoms with van der Waals surface area (Å²) in [5.41, 5.74) is 3.64. The van der Waals surface area contributed by atoms with E-state index in [-0.39, 0.29) is 5.75 Å². The highest BCUT2D eigenvalue weighted by molar-refractivity contribution is 7.90. The monoisotopic (exact) mass is 563 g/mol. The zero-order valence-electron chi connectivity index (χ0n) is 23.3. The molecule has 0 bridgehead atoms. The van der Waals surface area contributed by atoms with Crippen LogP contribution in [-0.4, -0.2) is 69.1 Å². The van der Waals surface area contributed by atoms with Crippen molar-refractivity contribution in [1.29, 1.82) is 0 Å². The van der Waals surface area contributed by atoms with Crippen LogP contribution in [0.1, 0.15) is 18.4 Å². The normalized spacial score (nSPS) is 11.5. The van der Waals surface area contributed by atoms with Crippen molar-refractivity contribution in [3.05, 3.63) is 78.6 Å². The first kappa shape index (κ1) is 29.1. The van der Waals surface area contributed by atoms with Crippen molar-refractivity contribution in [2.45, 2.75) is 19.4 Å². The number of ether oxygens (including phenoxy) is 2. The van der Waals surface area contributed by atoms with Gasteiger partial charge in [-0.15, -0.1) is 0 Å². The summed E-state index contributed by atoms with van der Waals surface area (Å²) in [6.07, 6.45) is 4.69. The van der Waals surface area contributed by atoms with Crippen molar-refractivity contribution in [2.75, 3.05) is 56.4 Å². The molecule has 1 heterocycles. The predicted octanol–water partition coefficient (Wildman–Crippen LogP) is 5.13. The number of sulfone groups is 1. The van der Waals surface area contributed by atoms with E-state index in [0.29, 0.717) is 24.7 Å². The molecule has 4 aromatic rings. The first-order valence-electron chi connectivity index (χ1n) is 13.3. The van der Waals surface area contributed by atoms with E-state index in [1.165, 1.54) is 12.6 Å². The van der Waals surface area contributed by atoms with E-state index in [2.05, 4.69) is 25.5 Å². The van der Waals surface area contributed by atoms with Gasteiger partial charge in [0.25, 0.3) is 0 Å². The van der Waals surface area contributed by atoms with E-state index in [4.69, 9.17) is 9.47 Å². The smallest absolute Gasteiger partial charge is 0.148 e. The number of aromatic nitrogens is 2. The molecule has 0 spiro atoms. The Labute approximate surface area is 236 Å². The number of hydrogen-bond donors (Lipinski definition) is 2. The molecular formula is C30H37N5O4S. The van der Waals surface area contributed by atoms with Crippen molar-refractivity contribution in [3.8, 4) is 11.5 Å². The third-order valence-electron chi connectivity index (χ3n) is 6.45. The number of nitrogens with zero attached hydrogens (tertiary/aromatic N) is 3. The highest BCUT2D eigenvalue weighted by Gasteiger charge is 2.11. The Morgan fingerprint density at radius 2 is 1.73 bits per heavy atom. The van der Waals surface area contributed by atoms with Gasteiger partial charge in [-0.25, -0.2) is 18.4 Å². The highest BCUT2D eigenvalue weighted by atomic mass is 32.2. The largest absolute Gasteiger partial charge is 0.495 e. The number of anilines is 3. The summed E-state index contributed by atoms with van der Waals surface area (Å²) in [6, 6.07) is 21.8. The molecular weight excluding hydrogens is 526 g/mol. The summed E-state index contributed by atoms with van der Waals surface area (Å²) in [6.45, 7) is 2.65. The molecule has 2 N–H and O–H groups in total. The molecule has 40 heavy (non-hydrogen) atoms. The zero-order chi connectivity index (χ0) is 28.4. The summed E-state index contributed by atoms with van der Waals surface area (Å²) < 4.78 is 34.2. The Hall–Kier alpha value is -3.89. The van der Waals surface area contributed by atoms with E-state index < -0.39 is 9.84 Å². The van der Waals surface area contributed by atoms with Crippen LogP contribution in [0.3, 0.4) is 0 Å². The van der Waals surface area contributed by atoms with Crippen molar-refractivity contribution in [1.82, 2.24) is 14.9 Å². The summed E-state index contributed by atoms with van der Waals surface area (Å²) in [5, 5.41) is 7.74. The first-order valence-corrected chi connectivity index (χ1v) is 15.3. The molecule has 0 atom stereocenters. The minimum absolute atomic E-state index is 0.181. The molecule has 0 saturated carbocycles. The number of methoxy groups -OCH3 is 1. The Balaban J connectivity index is 1.36. The van der Waals surface area contributed by atoms with Gasteiger partial charge in [-0.1, -0.05) is 30.3 Å². The van der Waals surface area contributed by atoms with Crippen LogP contribution in [0.2, 0.25) is 0 Å². The number of nitrogens with one attached hydrogen (secondary N) is 2. The van der Waals surface area contributed by atoms with Gasteiger partial charge in [0.1, 0.15) is 40.1 Å². The lowest BCUT2D eigenvalue weighted by atomic mass is 10.1. The van der Waals surface area contributed by atoms with Gasteiger partial charge in [0.05, 0.1) is 24.1 Å². The maximum Gasteiger partial charge on any atom is 0.148 e. The topological polar surface area (TPSA) is 106 Å². The SMILES string of the molecule is COc1cc2ncnc(Nc3ccc(OCc4ccccc4)cc3)c2cc1NCCCCN(C)CCS(C)(=O)=O.